The van der Waals surface area contributed by atoms with Crippen LogP contribution in [0.25, 0.3) is 10.2 Å². The number of hydrogen-bond donors (Lipinski definition) is 0. The number of sulfonamides is 1. The summed E-state index contributed by atoms with van der Waals surface area (Å²) in [5.41, 5.74) is 1.17. The Morgan fingerprint density at radius 2 is 1.70 bits per heavy atom. The summed E-state index contributed by atoms with van der Waals surface area (Å²) in [6.45, 7) is 5.58. The van der Waals surface area contributed by atoms with Crippen LogP contribution >= 0.6 is 11.3 Å². The second-order valence-corrected chi connectivity index (χ2v) is 11.3. The standard InChI is InChI=1S/C24H26N4O7S2/c1-3-28-18-13-19-20(35-15-34-19)14-21(18)36-23(28)25-22(29)16-5-7-17(8-6-16)37(31,32)27-11-9-26(10-12-27)24(30)33-4-2/h5-8,13-14H,3-4,9-12,15H2,1-2H3. The van der Waals surface area contributed by atoms with Crippen molar-refractivity contribution < 1.29 is 32.2 Å². The SMILES string of the molecule is CCOC(=O)N1CCN(S(=O)(=O)c2ccc(C(=O)N=c3sc4cc5c(cc4n3CC)OCO5)cc2)CC1. The summed E-state index contributed by atoms with van der Waals surface area (Å²) in [4.78, 5) is 31.2. The summed E-state index contributed by atoms with van der Waals surface area (Å²) >= 11 is 1.37. The first-order valence-corrected chi connectivity index (χ1v) is 14.1. The number of thiazole rings is 1. The molecule has 37 heavy (non-hydrogen) atoms. The van der Waals surface area contributed by atoms with Crippen LogP contribution in [-0.4, -0.2) is 73.8 Å². The molecule has 11 nitrogen and oxygen atoms in total. The van der Waals surface area contributed by atoms with E-state index in [-0.39, 0.29) is 50.0 Å². The van der Waals surface area contributed by atoms with E-state index in [4.69, 9.17) is 14.2 Å². The maximum atomic E-state index is 13.1. The third-order valence-corrected chi connectivity index (χ3v) is 9.15. The van der Waals surface area contributed by atoms with Crippen molar-refractivity contribution in [2.24, 2.45) is 4.99 Å². The Balaban J connectivity index is 1.34. The van der Waals surface area contributed by atoms with Crippen LogP contribution in [0.4, 0.5) is 4.79 Å². The Kier molecular flexibility index (Phi) is 6.92. The van der Waals surface area contributed by atoms with Crippen molar-refractivity contribution in [1.29, 1.82) is 0 Å². The average Bonchev–Trinajstić information content (AvgIpc) is 3.50. The third-order valence-electron chi connectivity index (χ3n) is 6.19. The fourth-order valence-corrected chi connectivity index (χ4v) is 6.77. The van der Waals surface area contributed by atoms with Gasteiger partial charge in [0.2, 0.25) is 16.8 Å². The minimum absolute atomic E-state index is 0.0774. The van der Waals surface area contributed by atoms with Gasteiger partial charge in [-0.3, -0.25) is 4.79 Å². The molecule has 2 aromatic carbocycles. The number of benzene rings is 2. The number of rotatable bonds is 5. The molecule has 3 aromatic rings. The fraction of sp³-hybridized carbons (Fsp3) is 0.375. The number of nitrogens with zero attached hydrogens (tertiary/aromatic N) is 4. The summed E-state index contributed by atoms with van der Waals surface area (Å²) in [6, 6.07) is 9.51. The molecule has 1 aromatic heterocycles. The molecule has 13 heteroatoms. The molecule has 1 saturated heterocycles. The molecule has 3 heterocycles. The number of aryl methyl sites for hydroxylation is 1. The van der Waals surface area contributed by atoms with Crippen molar-refractivity contribution in [1.82, 2.24) is 13.8 Å². The van der Waals surface area contributed by atoms with Gasteiger partial charge in [0.05, 0.1) is 21.7 Å². The molecule has 2 aliphatic heterocycles. The molecule has 1 fully saturated rings. The van der Waals surface area contributed by atoms with E-state index in [0.717, 1.165) is 10.2 Å². The van der Waals surface area contributed by atoms with E-state index in [1.165, 1.54) is 44.8 Å². The predicted octanol–water partition coefficient (Wildman–Crippen LogP) is 2.66. The number of carbonyl (C=O) groups excluding carboxylic acids is 2. The number of ether oxygens (including phenoxy) is 3. The highest BCUT2D eigenvalue weighted by atomic mass is 32.2. The minimum Gasteiger partial charge on any atom is -0.454 e. The van der Waals surface area contributed by atoms with Crippen LogP contribution in [0.3, 0.4) is 0 Å². The van der Waals surface area contributed by atoms with E-state index in [1.807, 2.05) is 23.6 Å². The molecule has 0 bridgehead atoms. The van der Waals surface area contributed by atoms with E-state index in [2.05, 4.69) is 4.99 Å². The first-order valence-electron chi connectivity index (χ1n) is 11.9. The largest absolute Gasteiger partial charge is 0.454 e. The minimum atomic E-state index is -3.77. The molecule has 2 amide bonds. The normalized spacial score (nSPS) is 16.4. The molecule has 2 aliphatic rings. The molecule has 0 spiro atoms. The molecular formula is C24H26N4O7S2. The molecule has 0 unspecified atom stereocenters. The van der Waals surface area contributed by atoms with Crippen LogP contribution in [0.2, 0.25) is 0 Å². The highest BCUT2D eigenvalue weighted by Crippen LogP contribution is 2.37. The van der Waals surface area contributed by atoms with Crippen LogP contribution in [0.1, 0.15) is 24.2 Å². The highest BCUT2D eigenvalue weighted by molar-refractivity contribution is 7.89. The Hall–Kier alpha value is -3.42. The van der Waals surface area contributed by atoms with E-state index in [1.54, 1.807) is 6.92 Å². The topological polar surface area (TPSA) is 120 Å². The molecule has 0 N–H and O–H groups in total. The van der Waals surface area contributed by atoms with Crippen molar-refractivity contribution >= 4 is 43.6 Å². The fourth-order valence-electron chi connectivity index (χ4n) is 4.25. The van der Waals surface area contributed by atoms with Gasteiger partial charge in [-0.05, 0) is 38.1 Å². The first kappa shape index (κ1) is 25.2. The van der Waals surface area contributed by atoms with E-state index < -0.39 is 22.0 Å². The Morgan fingerprint density at radius 1 is 1.03 bits per heavy atom. The first-order chi connectivity index (χ1) is 17.8. The summed E-state index contributed by atoms with van der Waals surface area (Å²) in [5.74, 6) is 0.847. The lowest BCUT2D eigenvalue weighted by atomic mass is 10.2. The van der Waals surface area contributed by atoms with E-state index in [9.17, 15) is 18.0 Å². The number of aromatic nitrogens is 1. The molecule has 0 aliphatic carbocycles. The van der Waals surface area contributed by atoms with E-state index >= 15 is 0 Å². The lowest BCUT2D eigenvalue weighted by Crippen LogP contribution is -2.50. The van der Waals surface area contributed by atoms with Crippen LogP contribution in [-0.2, 0) is 21.3 Å². The second-order valence-electron chi connectivity index (χ2n) is 8.33. The zero-order valence-electron chi connectivity index (χ0n) is 20.4. The Morgan fingerprint density at radius 3 is 2.35 bits per heavy atom. The average molecular weight is 547 g/mol. The number of carbonyl (C=O) groups is 2. The highest BCUT2D eigenvalue weighted by Gasteiger charge is 2.30. The number of piperazine rings is 1. The molecule has 0 saturated carbocycles. The van der Waals surface area contributed by atoms with Crippen molar-refractivity contribution in [2.45, 2.75) is 25.3 Å². The van der Waals surface area contributed by atoms with Crippen molar-refractivity contribution in [3.8, 4) is 11.5 Å². The Labute approximate surface area is 217 Å². The molecule has 0 atom stereocenters. The molecular weight excluding hydrogens is 520 g/mol. The summed E-state index contributed by atoms with van der Waals surface area (Å²) < 4.78 is 46.3. The Bertz CT molecular complexity index is 1520. The predicted molar refractivity (Wildman–Crippen MR) is 135 cm³/mol. The summed E-state index contributed by atoms with van der Waals surface area (Å²) in [7, 11) is -3.77. The van der Waals surface area contributed by atoms with Crippen molar-refractivity contribution in [3.63, 3.8) is 0 Å². The van der Waals surface area contributed by atoms with E-state index in [0.29, 0.717) is 22.8 Å². The van der Waals surface area contributed by atoms with Crippen LogP contribution < -0.4 is 14.3 Å². The quantitative estimate of drug-likeness (QED) is 0.483. The van der Waals surface area contributed by atoms with Gasteiger partial charge in [-0.2, -0.15) is 9.30 Å². The lowest BCUT2D eigenvalue weighted by Gasteiger charge is -2.33. The van der Waals surface area contributed by atoms with Gasteiger partial charge in [-0.25, -0.2) is 13.2 Å². The zero-order valence-corrected chi connectivity index (χ0v) is 22.0. The van der Waals surface area contributed by atoms with Crippen LogP contribution in [0, 0.1) is 0 Å². The molecule has 5 rings (SSSR count). The maximum absolute atomic E-state index is 13.1. The van der Waals surface area contributed by atoms with Gasteiger partial charge in [0, 0.05) is 50.4 Å². The van der Waals surface area contributed by atoms with Gasteiger partial charge >= 0.3 is 6.09 Å². The third kappa shape index (κ3) is 4.81. The maximum Gasteiger partial charge on any atom is 0.409 e. The van der Waals surface area contributed by atoms with Gasteiger partial charge in [0.1, 0.15) is 0 Å². The zero-order chi connectivity index (χ0) is 26.2. The van der Waals surface area contributed by atoms with Crippen molar-refractivity contribution in [3.05, 3.63) is 46.8 Å². The van der Waals surface area contributed by atoms with Gasteiger partial charge < -0.3 is 23.7 Å². The summed E-state index contributed by atoms with van der Waals surface area (Å²) in [6.07, 6.45) is -0.444. The number of amides is 2. The smallest absolute Gasteiger partial charge is 0.409 e. The van der Waals surface area contributed by atoms with Crippen molar-refractivity contribution in [2.75, 3.05) is 39.6 Å². The molecule has 196 valence electrons. The second kappa shape index (κ2) is 10.1. The molecule has 0 radical (unpaired) electrons. The van der Waals surface area contributed by atoms with Gasteiger partial charge in [-0.1, -0.05) is 11.3 Å². The van der Waals surface area contributed by atoms with Gasteiger partial charge in [0.15, 0.2) is 16.3 Å². The number of fused-ring (bicyclic) bond motifs is 2. The van der Waals surface area contributed by atoms with Gasteiger partial charge in [0.25, 0.3) is 5.91 Å². The summed E-state index contributed by atoms with van der Waals surface area (Å²) in [5, 5.41) is 0. The van der Waals surface area contributed by atoms with Crippen LogP contribution in [0.15, 0.2) is 46.3 Å². The van der Waals surface area contributed by atoms with Gasteiger partial charge in [-0.15, -0.1) is 0 Å². The number of hydrogen-bond acceptors (Lipinski definition) is 8. The van der Waals surface area contributed by atoms with Crippen LogP contribution in [0.5, 0.6) is 11.5 Å². The lowest BCUT2D eigenvalue weighted by molar-refractivity contribution is 0.0933. The monoisotopic (exact) mass is 546 g/mol.